The zero-order valence-electron chi connectivity index (χ0n) is 15.7. The predicted octanol–water partition coefficient (Wildman–Crippen LogP) is 4.28. The highest BCUT2D eigenvalue weighted by molar-refractivity contribution is 6.43. The summed E-state index contributed by atoms with van der Waals surface area (Å²) in [5, 5.41) is 0.580. The Morgan fingerprint density at radius 2 is 1.66 bits per heavy atom. The largest absolute Gasteiger partial charge is 0.491 e. The van der Waals surface area contributed by atoms with E-state index < -0.39 is 5.82 Å². The van der Waals surface area contributed by atoms with Crippen molar-refractivity contribution in [3.63, 3.8) is 0 Å². The van der Waals surface area contributed by atoms with Gasteiger partial charge in [0.25, 0.3) is 5.91 Å². The van der Waals surface area contributed by atoms with Gasteiger partial charge in [0.1, 0.15) is 0 Å². The molecule has 2 aromatic rings. The first-order valence-electron chi connectivity index (χ1n) is 9.36. The average molecular weight is 439 g/mol. The van der Waals surface area contributed by atoms with Crippen LogP contribution in [-0.2, 0) is 4.79 Å². The summed E-state index contributed by atoms with van der Waals surface area (Å²) in [7, 11) is 0. The Kier molecular flexibility index (Phi) is 7.34. The van der Waals surface area contributed by atoms with Gasteiger partial charge in [0.05, 0.1) is 22.2 Å². The van der Waals surface area contributed by atoms with E-state index in [1.54, 1.807) is 46.2 Å². The molecule has 3 rings (SSSR count). The van der Waals surface area contributed by atoms with Crippen molar-refractivity contribution in [2.24, 2.45) is 0 Å². The highest BCUT2D eigenvalue weighted by atomic mass is 35.5. The first-order chi connectivity index (χ1) is 14.0. The maximum Gasteiger partial charge on any atom is 0.255 e. The van der Waals surface area contributed by atoms with Crippen molar-refractivity contribution in [2.45, 2.75) is 12.8 Å². The van der Waals surface area contributed by atoms with Gasteiger partial charge >= 0.3 is 0 Å². The van der Waals surface area contributed by atoms with E-state index >= 15 is 0 Å². The SMILES string of the molecule is O=C(CCCOc1ccccc1F)N1CCN(C(=O)c2cccc(Cl)c2Cl)CC1. The summed E-state index contributed by atoms with van der Waals surface area (Å²) in [6, 6.07) is 11.1. The Hall–Kier alpha value is -2.31. The summed E-state index contributed by atoms with van der Waals surface area (Å²) in [5.41, 5.74) is 0.365. The van der Waals surface area contributed by atoms with Crippen LogP contribution in [-0.4, -0.2) is 54.4 Å². The van der Waals surface area contributed by atoms with Gasteiger partial charge in [-0.15, -0.1) is 0 Å². The van der Waals surface area contributed by atoms with Crippen molar-refractivity contribution in [2.75, 3.05) is 32.8 Å². The maximum absolute atomic E-state index is 13.5. The number of benzene rings is 2. The van der Waals surface area contributed by atoms with E-state index in [9.17, 15) is 14.0 Å². The third-order valence-corrected chi connectivity index (χ3v) is 5.55. The molecule has 1 aliphatic rings. The fourth-order valence-electron chi connectivity index (χ4n) is 3.12. The van der Waals surface area contributed by atoms with E-state index in [1.807, 2.05) is 0 Å². The summed E-state index contributed by atoms with van der Waals surface area (Å²) in [5.74, 6) is -0.427. The lowest BCUT2D eigenvalue weighted by atomic mass is 10.1. The summed E-state index contributed by atoms with van der Waals surface area (Å²) in [6.07, 6.45) is 0.799. The molecule has 2 amide bonds. The Bertz CT molecular complexity index is 886. The molecule has 1 saturated heterocycles. The lowest BCUT2D eigenvalue weighted by Crippen LogP contribution is -2.50. The number of piperazine rings is 1. The molecule has 29 heavy (non-hydrogen) atoms. The van der Waals surface area contributed by atoms with Crippen LogP contribution >= 0.6 is 23.2 Å². The van der Waals surface area contributed by atoms with Crippen molar-refractivity contribution < 1.29 is 18.7 Å². The molecule has 0 N–H and O–H groups in total. The van der Waals surface area contributed by atoms with Crippen LogP contribution in [0.25, 0.3) is 0 Å². The van der Waals surface area contributed by atoms with Gasteiger partial charge in [-0.05, 0) is 30.7 Å². The molecule has 154 valence electrons. The van der Waals surface area contributed by atoms with E-state index in [1.165, 1.54) is 6.07 Å². The number of hydrogen-bond acceptors (Lipinski definition) is 3. The molecule has 5 nitrogen and oxygen atoms in total. The molecule has 0 atom stereocenters. The van der Waals surface area contributed by atoms with Crippen molar-refractivity contribution in [3.05, 3.63) is 63.9 Å². The first kappa shape index (κ1) is 21.4. The van der Waals surface area contributed by atoms with Crippen LogP contribution in [0.4, 0.5) is 4.39 Å². The van der Waals surface area contributed by atoms with Crippen LogP contribution < -0.4 is 4.74 Å². The molecule has 0 aliphatic carbocycles. The van der Waals surface area contributed by atoms with Gasteiger partial charge in [-0.2, -0.15) is 0 Å². The second kappa shape index (κ2) is 9.94. The monoisotopic (exact) mass is 438 g/mol. The van der Waals surface area contributed by atoms with Crippen molar-refractivity contribution in [1.82, 2.24) is 9.80 Å². The van der Waals surface area contributed by atoms with E-state index in [0.29, 0.717) is 49.6 Å². The average Bonchev–Trinajstić information content (AvgIpc) is 2.74. The lowest BCUT2D eigenvalue weighted by Gasteiger charge is -2.35. The zero-order valence-corrected chi connectivity index (χ0v) is 17.3. The van der Waals surface area contributed by atoms with Gasteiger partial charge in [-0.3, -0.25) is 9.59 Å². The van der Waals surface area contributed by atoms with Crippen molar-refractivity contribution in [1.29, 1.82) is 0 Å². The summed E-state index contributed by atoms with van der Waals surface area (Å²) in [4.78, 5) is 28.4. The zero-order chi connectivity index (χ0) is 20.8. The number of para-hydroxylation sites is 1. The molecule has 0 aromatic heterocycles. The number of amides is 2. The second-order valence-electron chi connectivity index (χ2n) is 6.66. The Labute approximate surface area is 178 Å². The molecule has 0 saturated carbocycles. The van der Waals surface area contributed by atoms with E-state index in [2.05, 4.69) is 0 Å². The number of ether oxygens (including phenoxy) is 1. The Balaban J connectivity index is 1.43. The Morgan fingerprint density at radius 3 is 2.38 bits per heavy atom. The Morgan fingerprint density at radius 1 is 0.966 bits per heavy atom. The van der Waals surface area contributed by atoms with Crippen LogP contribution in [0.5, 0.6) is 5.75 Å². The lowest BCUT2D eigenvalue weighted by molar-refractivity contribution is -0.132. The maximum atomic E-state index is 13.5. The number of halogens is 3. The number of rotatable bonds is 6. The number of nitrogens with zero attached hydrogens (tertiary/aromatic N) is 2. The third-order valence-electron chi connectivity index (χ3n) is 4.73. The van der Waals surface area contributed by atoms with Gasteiger partial charge in [-0.1, -0.05) is 41.4 Å². The van der Waals surface area contributed by atoms with Crippen LogP contribution in [0.1, 0.15) is 23.2 Å². The summed E-state index contributed by atoms with van der Waals surface area (Å²) < 4.78 is 18.9. The van der Waals surface area contributed by atoms with Crippen LogP contribution in [0, 0.1) is 5.82 Å². The minimum absolute atomic E-state index is 0.00461. The first-order valence-corrected chi connectivity index (χ1v) is 10.1. The highest BCUT2D eigenvalue weighted by Gasteiger charge is 2.26. The van der Waals surface area contributed by atoms with Crippen molar-refractivity contribution >= 4 is 35.0 Å². The van der Waals surface area contributed by atoms with E-state index in [0.717, 1.165) is 0 Å². The van der Waals surface area contributed by atoms with Gasteiger partial charge in [0, 0.05) is 32.6 Å². The minimum atomic E-state index is -0.417. The van der Waals surface area contributed by atoms with Gasteiger partial charge in [0.2, 0.25) is 5.91 Å². The third kappa shape index (κ3) is 5.40. The normalized spacial score (nSPS) is 14.0. The molecule has 0 bridgehead atoms. The molecular formula is C21H21Cl2FN2O3. The van der Waals surface area contributed by atoms with Gasteiger partial charge in [-0.25, -0.2) is 4.39 Å². The summed E-state index contributed by atoms with van der Waals surface area (Å²) in [6.45, 7) is 2.03. The van der Waals surface area contributed by atoms with Crippen LogP contribution in [0.3, 0.4) is 0 Å². The van der Waals surface area contributed by atoms with Crippen molar-refractivity contribution in [3.8, 4) is 5.75 Å². The molecule has 0 spiro atoms. The number of hydrogen-bond donors (Lipinski definition) is 0. The molecular weight excluding hydrogens is 418 g/mol. The second-order valence-corrected chi connectivity index (χ2v) is 7.44. The molecule has 8 heteroatoms. The topological polar surface area (TPSA) is 49.9 Å². The number of carbonyl (C=O) groups is 2. The quantitative estimate of drug-likeness (QED) is 0.632. The molecule has 1 aliphatic heterocycles. The highest BCUT2D eigenvalue weighted by Crippen LogP contribution is 2.27. The molecule has 0 unspecified atom stereocenters. The fourth-order valence-corrected chi connectivity index (χ4v) is 3.51. The minimum Gasteiger partial charge on any atom is -0.491 e. The van der Waals surface area contributed by atoms with Crippen LogP contribution in [0.2, 0.25) is 10.0 Å². The smallest absolute Gasteiger partial charge is 0.255 e. The van der Waals surface area contributed by atoms with E-state index in [-0.39, 0.29) is 29.2 Å². The summed E-state index contributed by atoms with van der Waals surface area (Å²) >= 11 is 12.1. The van der Waals surface area contributed by atoms with E-state index in [4.69, 9.17) is 27.9 Å². The molecule has 1 fully saturated rings. The molecule has 1 heterocycles. The fraction of sp³-hybridized carbons (Fsp3) is 0.333. The predicted molar refractivity (Wildman–Crippen MR) is 110 cm³/mol. The van der Waals surface area contributed by atoms with Gasteiger partial charge in [0.15, 0.2) is 11.6 Å². The standard InChI is InChI=1S/C21H21Cl2FN2O3/c22-16-6-3-5-15(20(16)23)21(28)26-12-10-25(11-13-26)19(27)9-4-14-29-18-8-2-1-7-17(18)24/h1-3,5-8H,4,9-14H2. The molecule has 0 radical (unpaired) electrons. The number of carbonyl (C=O) groups excluding carboxylic acids is 2. The van der Waals surface area contributed by atoms with Crippen LogP contribution in [0.15, 0.2) is 42.5 Å². The molecule has 2 aromatic carbocycles. The van der Waals surface area contributed by atoms with Gasteiger partial charge < -0.3 is 14.5 Å².